The summed E-state index contributed by atoms with van der Waals surface area (Å²) in [5.74, 6) is 0. The molecule has 10 heteroatoms. The molecule has 0 aromatic rings. The SMILES string of the molecule is O=P(Cl)(CC(Cl)(Cl)Cl)OCC(Cl)(Cl)Cl. The van der Waals surface area contributed by atoms with Crippen molar-refractivity contribution in [3.63, 3.8) is 0 Å². The molecule has 0 N–H and O–H groups in total. The van der Waals surface area contributed by atoms with Crippen LogP contribution in [0.2, 0.25) is 0 Å². The van der Waals surface area contributed by atoms with Crippen LogP contribution in [0.5, 0.6) is 0 Å². The minimum absolute atomic E-state index is 0.445. The van der Waals surface area contributed by atoms with E-state index in [9.17, 15) is 4.57 Å². The van der Waals surface area contributed by atoms with Crippen molar-refractivity contribution in [1.29, 1.82) is 0 Å². The predicted molar refractivity (Wildman–Crippen MR) is 64.9 cm³/mol. The maximum absolute atomic E-state index is 11.4. The number of alkyl halides is 6. The largest absolute Gasteiger partial charge is 0.313 e. The van der Waals surface area contributed by atoms with Crippen molar-refractivity contribution < 1.29 is 9.09 Å². The average Bonchev–Trinajstić information content (AvgIpc) is 1.76. The molecule has 0 spiro atoms. The average molecular weight is 363 g/mol. The van der Waals surface area contributed by atoms with Gasteiger partial charge in [-0.2, -0.15) is 0 Å². The van der Waals surface area contributed by atoms with E-state index in [0.717, 1.165) is 0 Å². The lowest BCUT2D eigenvalue weighted by molar-refractivity contribution is 0.331. The quantitative estimate of drug-likeness (QED) is 0.511. The Morgan fingerprint density at radius 1 is 1.00 bits per heavy atom. The van der Waals surface area contributed by atoms with E-state index in [1.165, 1.54) is 0 Å². The lowest BCUT2D eigenvalue weighted by atomic mass is 10.9. The smallest absolute Gasteiger partial charge is 0.294 e. The molecule has 14 heavy (non-hydrogen) atoms. The molecule has 2 nitrogen and oxygen atoms in total. The third-order valence-corrected chi connectivity index (χ3v) is 4.09. The normalized spacial score (nSPS) is 17.9. The Bertz CT molecular complexity index is 231. The van der Waals surface area contributed by atoms with Crippen molar-refractivity contribution in [2.45, 2.75) is 7.59 Å². The van der Waals surface area contributed by atoms with Crippen LogP contribution in [0.3, 0.4) is 0 Å². The van der Waals surface area contributed by atoms with Gasteiger partial charge in [-0.1, -0.05) is 69.6 Å². The maximum atomic E-state index is 11.4. The Kier molecular flexibility index (Phi) is 6.61. The summed E-state index contributed by atoms with van der Waals surface area (Å²) >= 11 is 37.5. The molecule has 1 unspecified atom stereocenters. The Morgan fingerprint density at radius 2 is 1.43 bits per heavy atom. The predicted octanol–water partition coefficient (Wildman–Crippen LogP) is 5.18. The molecule has 0 fully saturated rings. The third-order valence-electron chi connectivity index (χ3n) is 0.789. The van der Waals surface area contributed by atoms with E-state index in [-0.39, 0.29) is 0 Å². The van der Waals surface area contributed by atoms with Gasteiger partial charge >= 0.3 is 0 Å². The van der Waals surface area contributed by atoms with E-state index in [1.54, 1.807) is 0 Å². The fraction of sp³-hybridized carbons (Fsp3) is 1.00. The van der Waals surface area contributed by atoms with Crippen molar-refractivity contribution in [3.05, 3.63) is 0 Å². The molecule has 86 valence electrons. The highest BCUT2D eigenvalue weighted by molar-refractivity contribution is 7.85. The Labute approximate surface area is 116 Å². The zero-order chi connectivity index (χ0) is 11.6. The molecule has 0 aliphatic rings. The monoisotopic (exact) mass is 360 g/mol. The van der Waals surface area contributed by atoms with Crippen molar-refractivity contribution in [2.75, 3.05) is 12.8 Å². The summed E-state index contributed by atoms with van der Waals surface area (Å²) in [6.07, 6.45) is -0.465. The first kappa shape index (κ1) is 16.2. The van der Waals surface area contributed by atoms with Crippen LogP contribution in [0, 0.1) is 0 Å². The van der Waals surface area contributed by atoms with Crippen molar-refractivity contribution in [2.24, 2.45) is 0 Å². The minimum Gasteiger partial charge on any atom is -0.313 e. The van der Waals surface area contributed by atoms with E-state index in [2.05, 4.69) is 4.52 Å². The van der Waals surface area contributed by atoms with E-state index < -0.39 is 27.1 Å². The zero-order valence-corrected chi connectivity index (χ0v) is 12.5. The van der Waals surface area contributed by atoms with Crippen molar-refractivity contribution in [3.8, 4) is 0 Å². The van der Waals surface area contributed by atoms with Crippen LogP contribution in [-0.2, 0) is 9.09 Å². The molecule has 0 aliphatic heterocycles. The second kappa shape index (κ2) is 5.71. The first-order chi connectivity index (χ1) is 5.91. The van der Waals surface area contributed by atoms with Gasteiger partial charge in [0.05, 0.1) is 6.16 Å². The van der Waals surface area contributed by atoms with Crippen molar-refractivity contribution in [1.82, 2.24) is 0 Å². The number of halogens is 7. The van der Waals surface area contributed by atoms with Crippen LogP contribution in [0.4, 0.5) is 0 Å². The molecule has 0 aromatic carbocycles. The molecule has 1 atom stereocenters. The van der Waals surface area contributed by atoms with Gasteiger partial charge in [0.15, 0.2) is 0 Å². The van der Waals surface area contributed by atoms with Crippen LogP contribution >= 0.6 is 87.6 Å². The summed E-state index contributed by atoms with van der Waals surface area (Å²) in [6, 6.07) is 0. The van der Waals surface area contributed by atoms with Crippen LogP contribution in [0.15, 0.2) is 0 Å². The Hall–Kier alpha value is 2.22. The van der Waals surface area contributed by atoms with E-state index in [0.29, 0.717) is 0 Å². The molecule has 0 saturated carbocycles. The van der Waals surface area contributed by atoms with Gasteiger partial charge in [-0.3, -0.25) is 4.57 Å². The molecule has 0 bridgehead atoms. The van der Waals surface area contributed by atoms with E-state index in [4.69, 9.17) is 80.8 Å². The minimum atomic E-state index is -3.59. The second-order valence-corrected chi connectivity index (χ2v) is 10.6. The summed E-state index contributed by atoms with van der Waals surface area (Å²) in [5.41, 5.74) is 0. The highest BCUT2D eigenvalue weighted by Crippen LogP contribution is 2.58. The molecule has 0 amide bonds. The highest BCUT2D eigenvalue weighted by atomic mass is 35.7. The van der Waals surface area contributed by atoms with Gasteiger partial charge in [0.25, 0.3) is 6.72 Å². The van der Waals surface area contributed by atoms with Gasteiger partial charge < -0.3 is 4.52 Å². The third kappa shape index (κ3) is 10.7. The van der Waals surface area contributed by atoms with Crippen molar-refractivity contribution >= 4 is 87.6 Å². The molecule has 0 radical (unpaired) electrons. The molecule has 0 heterocycles. The number of hydrogen-bond acceptors (Lipinski definition) is 2. The number of rotatable bonds is 3. The molecule has 0 aliphatic carbocycles. The lowest BCUT2D eigenvalue weighted by Crippen LogP contribution is -2.15. The fourth-order valence-corrected chi connectivity index (χ4v) is 4.38. The van der Waals surface area contributed by atoms with Gasteiger partial charge in [0.2, 0.25) is 7.59 Å². The van der Waals surface area contributed by atoms with Crippen LogP contribution in [0.1, 0.15) is 0 Å². The molecule has 0 saturated heterocycles. The maximum Gasteiger partial charge on any atom is 0.294 e. The molecular formula is C4H4Cl7O2P. The summed E-state index contributed by atoms with van der Waals surface area (Å²) in [4.78, 5) is 0. The standard InChI is InChI=1S/C4H4Cl7O2P/c5-3(6,7)1-13-14(11,12)2-4(8,9)10/h1-2H2. The topological polar surface area (TPSA) is 26.3 Å². The van der Waals surface area contributed by atoms with Gasteiger partial charge in [-0.05, 0) is 11.2 Å². The van der Waals surface area contributed by atoms with Gasteiger partial charge in [0.1, 0.15) is 6.61 Å². The van der Waals surface area contributed by atoms with Gasteiger partial charge in [-0.15, -0.1) is 0 Å². The van der Waals surface area contributed by atoms with Crippen LogP contribution < -0.4 is 0 Å². The number of hydrogen-bond donors (Lipinski definition) is 0. The molecule has 0 rings (SSSR count). The van der Waals surface area contributed by atoms with E-state index >= 15 is 0 Å². The summed E-state index contributed by atoms with van der Waals surface area (Å²) in [7, 11) is 0. The summed E-state index contributed by atoms with van der Waals surface area (Å²) in [6.45, 7) is -4.03. The van der Waals surface area contributed by atoms with Crippen LogP contribution in [-0.4, -0.2) is 20.4 Å². The summed E-state index contributed by atoms with van der Waals surface area (Å²) < 4.78 is 12.5. The second-order valence-electron chi connectivity index (χ2n) is 2.25. The Morgan fingerprint density at radius 3 is 1.71 bits per heavy atom. The van der Waals surface area contributed by atoms with E-state index in [1.807, 2.05) is 0 Å². The summed E-state index contributed by atoms with van der Waals surface area (Å²) in [5, 5.41) is 0. The lowest BCUT2D eigenvalue weighted by Gasteiger charge is -2.18. The Balaban J connectivity index is 4.17. The van der Waals surface area contributed by atoms with Crippen LogP contribution in [0.25, 0.3) is 0 Å². The highest BCUT2D eigenvalue weighted by Gasteiger charge is 2.35. The first-order valence-electron chi connectivity index (χ1n) is 2.98. The van der Waals surface area contributed by atoms with Gasteiger partial charge in [0, 0.05) is 0 Å². The first-order valence-corrected chi connectivity index (χ1v) is 7.96. The van der Waals surface area contributed by atoms with Gasteiger partial charge in [-0.25, -0.2) is 0 Å². The zero-order valence-electron chi connectivity index (χ0n) is 6.32. The fourth-order valence-electron chi connectivity index (χ4n) is 0.429. The molecular weight excluding hydrogens is 359 g/mol. The molecule has 0 aromatic heterocycles.